The fourth-order valence-corrected chi connectivity index (χ4v) is 5.71. The lowest BCUT2D eigenvalue weighted by molar-refractivity contribution is 0.0702. The van der Waals surface area contributed by atoms with Gasteiger partial charge in [0.05, 0.1) is 4.90 Å². The van der Waals surface area contributed by atoms with Gasteiger partial charge in [-0.2, -0.15) is 4.31 Å². The first-order valence-electron chi connectivity index (χ1n) is 7.36. The van der Waals surface area contributed by atoms with Gasteiger partial charge in [-0.05, 0) is 30.9 Å². The van der Waals surface area contributed by atoms with E-state index in [1.165, 1.54) is 15.8 Å². The van der Waals surface area contributed by atoms with Crippen LogP contribution in [-0.2, 0) is 16.4 Å². The molecule has 1 saturated heterocycles. The Bertz CT molecular complexity index is 798. The minimum Gasteiger partial charge on any atom is -0.477 e. The van der Waals surface area contributed by atoms with Crippen LogP contribution in [0.3, 0.4) is 0 Å². The van der Waals surface area contributed by atoms with E-state index >= 15 is 0 Å². The van der Waals surface area contributed by atoms with Crippen LogP contribution in [0.15, 0.2) is 46.7 Å². The average molecular weight is 351 g/mol. The molecule has 1 fully saturated rings. The number of carboxylic acids is 1. The molecule has 1 atom stereocenters. The van der Waals surface area contributed by atoms with Crippen LogP contribution in [-0.4, -0.2) is 36.4 Å². The van der Waals surface area contributed by atoms with Crippen LogP contribution in [0.25, 0.3) is 0 Å². The average Bonchev–Trinajstić information content (AvgIpc) is 3.17. The van der Waals surface area contributed by atoms with E-state index in [0.717, 1.165) is 29.7 Å². The van der Waals surface area contributed by atoms with Crippen molar-refractivity contribution in [3.63, 3.8) is 0 Å². The highest BCUT2D eigenvalue weighted by molar-refractivity contribution is 7.89. The van der Waals surface area contributed by atoms with Crippen molar-refractivity contribution < 1.29 is 18.3 Å². The smallest absolute Gasteiger partial charge is 0.345 e. The number of nitrogens with zero attached hydrogens (tertiary/aromatic N) is 1. The summed E-state index contributed by atoms with van der Waals surface area (Å²) in [5, 5.41) is 10.4. The SMILES string of the molecule is O=C(O)c1cc(S(=O)(=O)N2CCCC2Cc2ccccc2)cs1. The number of carbonyl (C=O) groups is 1. The highest BCUT2D eigenvalue weighted by Crippen LogP contribution is 2.30. The summed E-state index contributed by atoms with van der Waals surface area (Å²) >= 11 is 0.943. The monoisotopic (exact) mass is 351 g/mol. The number of carboxylic acid groups (broad SMARTS) is 1. The molecular weight excluding hydrogens is 334 g/mol. The minimum absolute atomic E-state index is 0.0439. The Morgan fingerprint density at radius 1 is 1.30 bits per heavy atom. The second kappa shape index (κ2) is 6.43. The molecule has 5 nitrogen and oxygen atoms in total. The lowest BCUT2D eigenvalue weighted by Gasteiger charge is -2.23. The number of hydrogen-bond donors (Lipinski definition) is 1. The maximum Gasteiger partial charge on any atom is 0.345 e. The maximum atomic E-state index is 12.8. The van der Waals surface area contributed by atoms with Crippen molar-refractivity contribution in [2.75, 3.05) is 6.54 Å². The predicted octanol–water partition coefficient (Wildman–Crippen LogP) is 2.84. The van der Waals surface area contributed by atoms with E-state index in [9.17, 15) is 13.2 Å². The first-order chi connectivity index (χ1) is 11.0. The molecule has 3 rings (SSSR count). The van der Waals surface area contributed by atoms with Gasteiger partial charge in [-0.15, -0.1) is 11.3 Å². The van der Waals surface area contributed by atoms with Crippen molar-refractivity contribution in [2.45, 2.75) is 30.2 Å². The number of aromatic carboxylic acids is 1. The molecule has 0 radical (unpaired) electrons. The molecule has 0 spiro atoms. The zero-order valence-electron chi connectivity index (χ0n) is 12.4. The zero-order valence-corrected chi connectivity index (χ0v) is 14.0. The lowest BCUT2D eigenvalue weighted by Crippen LogP contribution is -2.36. The third kappa shape index (κ3) is 3.31. The Hall–Kier alpha value is -1.70. The van der Waals surface area contributed by atoms with Crippen LogP contribution in [0.5, 0.6) is 0 Å². The molecule has 1 aromatic heterocycles. The van der Waals surface area contributed by atoms with Crippen LogP contribution in [0.1, 0.15) is 28.1 Å². The number of rotatable bonds is 5. The normalized spacial score (nSPS) is 19.0. The Morgan fingerprint density at radius 2 is 2.04 bits per heavy atom. The summed E-state index contributed by atoms with van der Waals surface area (Å²) in [6.07, 6.45) is 2.33. The van der Waals surface area contributed by atoms with E-state index in [-0.39, 0.29) is 15.8 Å². The maximum absolute atomic E-state index is 12.8. The molecule has 0 saturated carbocycles. The highest BCUT2D eigenvalue weighted by Gasteiger charge is 2.36. The number of thiophene rings is 1. The van der Waals surface area contributed by atoms with Crippen molar-refractivity contribution in [1.82, 2.24) is 4.31 Å². The predicted molar refractivity (Wildman–Crippen MR) is 88.3 cm³/mol. The second-order valence-electron chi connectivity index (χ2n) is 5.55. The van der Waals surface area contributed by atoms with Crippen molar-refractivity contribution in [2.24, 2.45) is 0 Å². The van der Waals surface area contributed by atoms with Crippen LogP contribution in [0.4, 0.5) is 0 Å². The molecule has 122 valence electrons. The van der Waals surface area contributed by atoms with E-state index in [0.29, 0.717) is 13.0 Å². The van der Waals surface area contributed by atoms with Gasteiger partial charge in [0.15, 0.2) is 0 Å². The summed E-state index contributed by atoms with van der Waals surface area (Å²) in [7, 11) is -3.64. The molecule has 0 bridgehead atoms. The Morgan fingerprint density at radius 3 is 2.70 bits per heavy atom. The summed E-state index contributed by atoms with van der Waals surface area (Å²) in [5.41, 5.74) is 1.11. The van der Waals surface area contributed by atoms with Crippen molar-refractivity contribution in [3.8, 4) is 0 Å². The summed E-state index contributed by atoms with van der Waals surface area (Å²) in [4.78, 5) is 11.1. The molecule has 1 aliphatic heterocycles. The van der Waals surface area contributed by atoms with E-state index in [1.807, 2.05) is 30.3 Å². The molecule has 1 aliphatic rings. The lowest BCUT2D eigenvalue weighted by atomic mass is 10.1. The molecule has 0 amide bonds. The topological polar surface area (TPSA) is 74.7 Å². The molecule has 2 aromatic rings. The van der Waals surface area contributed by atoms with E-state index in [1.54, 1.807) is 0 Å². The first kappa shape index (κ1) is 16.2. The van der Waals surface area contributed by atoms with Gasteiger partial charge in [-0.1, -0.05) is 30.3 Å². The summed E-state index contributed by atoms with van der Waals surface area (Å²) in [6, 6.07) is 11.0. The molecule has 7 heteroatoms. The second-order valence-corrected chi connectivity index (χ2v) is 8.36. The fourth-order valence-electron chi connectivity index (χ4n) is 2.92. The van der Waals surface area contributed by atoms with Gasteiger partial charge in [0.1, 0.15) is 4.88 Å². The first-order valence-corrected chi connectivity index (χ1v) is 9.68. The van der Waals surface area contributed by atoms with Crippen molar-refractivity contribution in [3.05, 3.63) is 52.2 Å². The summed E-state index contributed by atoms with van der Waals surface area (Å²) in [6.45, 7) is 0.484. The van der Waals surface area contributed by atoms with Crippen LogP contribution < -0.4 is 0 Å². The van der Waals surface area contributed by atoms with Gasteiger partial charge in [0.2, 0.25) is 10.0 Å². The fraction of sp³-hybridized carbons (Fsp3) is 0.312. The van der Waals surface area contributed by atoms with Crippen LogP contribution in [0, 0.1) is 0 Å². The quantitative estimate of drug-likeness (QED) is 0.899. The van der Waals surface area contributed by atoms with Gasteiger partial charge >= 0.3 is 5.97 Å². The third-order valence-electron chi connectivity index (χ3n) is 4.03. The van der Waals surface area contributed by atoms with E-state index in [2.05, 4.69) is 0 Å². The minimum atomic E-state index is -3.64. The standard InChI is InChI=1S/C16H17NO4S2/c18-16(19)15-10-14(11-22-15)23(20,21)17-8-4-7-13(17)9-12-5-2-1-3-6-12/h1-3,5-6,10-11,13H,4,7-9H2,(H,18,19). The molecule has 1 N–H and O–H groups in total. The molecular formula is C16H17NO4S2. The Labute approximate surface area is 139 Å². The third-order valence-corrected chi connectivity index (χ3v) is 7.03. The summed E-state index contributed by atoms with van der Waals surface area (Å²) in [5.74, 6) is -1.10. The van der Waals surface area contributed by atoms with Gasteiger partial charge in [0, 0.05) is 18.0 Å². The number of sulfonamides is 1. The largest absolute Gasteiger partial charge is 0.477 e. The number of hydrogen-bond acceptors (Lipinski definition) is 4. The van der Waals surface area contributed by atoms with Gasteiger partial charge in [0.25, 0.3) is 0 Å². The Balaban J connectivity index is 1.84. The van der Waals surface area contributed by atoms with E-state index < -0.39 is 16.0 Å². The van der Waals surface area contributed by atoms with Gasteiger partial charge < -0.3 is 5.11 Å². The van der Waals surface area contributed by atoms with Gasteiger partial charge in [-0.25, -0.2) is 13.2 Å². The van der Waals surface area contributed by atoms with Crippen LogP contribution >= 0.6 is 11.3 Å². The number of benzene rings is 1. The Kier molecular flexibility index (Phi) is 4.52. The van der Waals surface area contributed by atoms with Crippen molar-refractivity contribution >= 4 is 27.3 Å². The highest BCUT2D eigenvalue weighted by atomic mass is 32.2. The van der Waals surface area contributed by atoms with Crippen molar-refractivity contribution in [1.29, 1.82) is 0 Å². The zero-order chi connectivity index (χ0) is 16.4. The molecule has 23 heavy (non-hydrogen) atoms. The van der Waals surface area contributed by atoms with Crippen LogP contribution in [0.2, 0.25) is 0 Å². The van der Waals surface area contributed by atoms with E-state index in [4.69, 9.17) is 5.11 Å². The molecule has 1 aromatic carbocycles. The molecule has 1 unspecified atom stereocenters. The summed E-state index contributed by atoms with van der Waals surface area (Å²) < 4.78 is 27.1. The van der Waals surface area contributed by atoms with Gasteiger partial charge in [-0.3, -0.25) is 0 Å². The molecule has 0 aliphatic carbocycles. The molecule has 2 heterocycles.